The molecule has 7 nitrogen and oxygen atoms in total. The van der Waals surface area contributed by atoms with E-state index in [-0.39, 0.29) is 18.0 Å². The van der Waals surface area contributed by atoms with Gasteiger partial charge in [-0.2, -0.15) is 0 Å². The Labute approximate surface area is 119 Å². The van der Waals surface area contributed by atoms with Gasteiger partial charge in [0, 0.05) is 18.3 Å². The largest absolute Gasteiger partial charge is 0.487 e. The SMILES string of the molecule is NNc1cc(COc2cncc(Cl)c2)ccc1[N+](=O)[O-]. The van der Waals surface area contributed by atoms with Crippen LogP contribution in [0.2, 0.25) is 5.02 Å². The highest BCUT2D eigenvalue weighted by atomic mass is 35.5. The molecule has 0 unspecified atom stereocenters. The Kier molecular flexibility index (Phi) is 4.34. The highest BCUT2D eigenvalue weighted by Gasteiger charge is 2.13. The average molecular weight is 295 g/mol. The van der Waals surface area contributed by atoms with Crippen molar-refractivity contribution in [2.45, 2.75) is 6.61 Å². The Hall–Kier alpha value is -2.38. The standard InChI is InChI=1S/C12H11ClN4O3/c13-9-4-10(6-15-5-9)20-7-8-1-2-12(17(18)19)11(3-8)16-14/h1-6,16H,7,14H2. The Balaban J connectivity index is 2.12. The maximum absolute atomic E-state index is 10.8. The molecule has 0 amide bonds. The second-order valence-corrected chi connectivity index (χ2v) is 4.32. The first-order valence-corrected chi connectivity index (χ1v) is 5.95. The van der Waals surface area contributed by atoms with Crippen LogP contribution < -0.4 is 16.0 Å². The lowest BCUT2D eigenvalue weighted by atomic mass is 10.2. The van der Waals surface area contributed by atoms with Crippen LogP contribution in [-0.2, 0) is 6.61 Å². The first-order chi connectivity index (χ1) is 9.60. The number of nitro groups is 1. The maximum atomic E-state index is 10.8. The fraction of sp³-hybridized carbons (Fsp3) is 0.0833. The predicted molar refractivity (Wildman–Crippen MR) is 74.5 cm³/mol. The van der Waals surface area contributed by atoms with Gasteiger partial charge in [-0.1, -0.05) is 11.6 Å². The molecule has 0 saturated heterocycles. The van der Waals surface area contributed by atoms with E-state index in [0.717, 1.165) is 5.56 Å². The number of nitrogens with two attached hydrogens (primary N) is 1. The number of anilines is 1. The Morgan fingerprint density at radius 2 is 2.20 bits per heavy atom. The van der Waals surface area contributed by atoms with Gasteiger partial charge in [0.25, 0.3) is 5.69 Å². The number of hydrogen-bond donors (Lipinski definition) is 2. The van der Waals surface area contributed by atoms with Crippen molar-refractivity contribution >= 4 is 23.0 Å². The minimum absolute atomic E-state index is 0.0966. The molecule has 0 fully saturated rings. The molecule has 104 valence electrons. The second kappa shape index (κ2) is 6.18. The molecule has 1 aromatic heterocycles. The van der Waals surface area contributed by atoms with Crippen molar-refractivity contribution in [1.82, 2.24) is 4.98 Å². The molecule has 2 aromatic rings. The normalized spacial score (nSPS) is 10.1. The first kappa shape index (κ1) is 14.0. The summed E-state index contributed by atoms with van der Waals surface area (Å²) in [7, 11) is 0. The fourth-order valence-electron chi connectivity index (χ4n) is 1.59. The summed E-state index contributed by atoms with van der Waals surface area (Å²) in [6.45, 7) is 0.217. The van der Waals surface area contributed by atoms with Crippen LogP contribution in [-0.4, -0.2) is 9.91 Å². The van der Waals surface area contributed by atoms with E-state index >= 15 is 0 Å². The Bertz CT molecular complexity index is 636. The molecule has 0 saturated carbocycles. The van der Waals surface area contributed by atoms with Crippen LogP contribution in [0.5, 0.6) is 5.75 Å². The Morgan fingerprint density at radius 3 is 2.85 bits per heavy atom. The lowest BCUT2D eigenvalue weighted by Gasteiger charge is -2.08. The molecule has 0 aliphatic rings. The van der Waals surface area contributed by atoms with Crippen LogP contribution >= 0.6 is 11.6 Å². The molecule has 0 spiro atoms. The van der Waals surface area contributed by atoms with Crippen LogP contribution in [0.3, 0.4) is 0 Å². The predicted octanol–water partition coefficient (Wildman–Crippen LogP) is 2.51. The van der Waals surface area contributed by atoms with Gasteiger partial charge in [-0.05, 0) is 17.7 Å². The van der Waals surface area contributed by atoms with Gasteiger partial charge in [0.2, 0.25) is 0 Å². The van der Waals surface area contributed by atoms with Gasteiger partial charge in [-0.15, -0.1) is 0 Å². The number of nitrogens with zero attached hydrogens (tertiary/aromatic N) is 2. The summed E-state index contributed by atoms with van der Waals surface area (Å²) in [5.41, 5.74) is 3.15. The van der Waals surface area contributed by atoms with Crippen molar-refractivity contribution < 1.29 is 9.66 Å². The molecule has 0 radical (unpaired) electrons. The highest BCUT2D eigenvalue weighted by molar-refractivity contribution is 6.30. The average Bonchev–Trinajstić information content (AvgIpc) is 2.44. The van der Waals surface area contributed by atoms with Crippen molar-refractivity contribution in [3.63, 3.8) is 0 Å². The van der Waals surface area contributed by atoms with E-state index in [9.17, 15) is 10.1 Å². The van der Waals surface area contributed by atoms with Gasteiger partial charge < -0.3 is 10.2 Å². The summed E-state index contributed by atoms with van der Waals surface area (Å²) in [6, 6.07) is 6.14. The summed E-state index contributed by atoms with van der Waals surface area (Å²) in [4.78, 5) is 14.1. The number of hydrazine groups is 1. The van der Waals surface area contributed by atoms with Crippen LogP contribution in [0, 0.1) is 10.1 Å². The van der Waals surface area contributed by atoms with E-state index in [1.165, 1.54) is 18.5 Å². The molecule has 20 heavy (non-hydrogen) atoms. The van der Waals surface area contributed by atoms with E-state index < -0.39 is 4.92 Å². The molecule has 3 N–H and O–H groups in total. The van der Waals surface area contributed by atoms with Gasteiger partial charge in [0.15, 0.2) is 0 Å². The first-order valence-electron chi connectivity index (χ1n) is 5.57. The molecule has 0 aliphatic carbocycles. The number of pyridine rings is 1. The number of aromatic nitrogens is 1. The molecular weight excluding hydrogens is 284 g/mol. The molecule has 0 atom stereocenters. The van der Waals surface area contributed by atoms with Gasteiger partial charge in [-0.3, -0.25) is 20.9 Å². The third-order valence-corrected chi connectivity index (χ3v) is 2.71. The minimum Gasteiger partial charge on any atom is -0.487 e. The summed E-state index contributed by atoms with van der Waals surface area (Å²) < 4.78 is 5.49. The van der Waals surface area contributed by atoms with E-state index in [1.54, 1.807) is 18.2 Å². The molecule has 1 heterocycles. The number of ether oxygens (including phenoxy) is 1. The third kappa shape index (κ3) is 3.34. The lowest BCUT2D eigenvalue weighted by molar-refractivity contribution is -0.384. The molecular formula is C12H11ClN4O3. The smallest absolute Gasteiger partial charge is 0.293 e. The zero-order chi connectivity index (χ0) is 14.5. The lowest BCUT2D eigenvalue weighted by Crippen LogP contribution is -2.10. The monoisotopic (exact) mass is 294 g/mol. The van der Waals surface area contributed by atoms with Gasteiger partial charge in [0.1, 0.15) is 18.0 Å². The van der Waals surface area contributed by atoms with Crippen molar-refractivity contribution in [2.75, 3.05) is 5.43 Å². The van der Waals surface area contributed by atoms with Crippen LogP contribution in [0.15, 0.2) is 36.7 Å². The van der Waals surface area contributed by atoms with Crippen LogP contribution in [0.1, 0.15) is 5.56 Å². The summed E-state index contributed by atoms with van der Waals surface area (Å²) >= 11 is 5.79. The van der Waals surface area contributed by atoms with E-state index in [2.05, 4.69) is 10.4 Å². The summed E-state index contributed by atoms with van der Waals surface area (Å²) in [5.74, 6) is 5.77. The number of rotatable bonds is 5. The Morgan fingerprint density at radius 1 is 1.40 bits per heavy atom. The van der Waals surface area contributed by atoms with Crippen molar-refractivity contribution in [1.29, 1.82) is 0 Å². The number of benzene rings is 1. The molecule has 0 bridgehead atoms. The summed E-state index contributed by atoms with van der Waals surface area (Å²) in [6.07, 6.45) is 3.02. The van der Waals surface area contributed by atoms with Crippen LogP contribution in [0.4, 0.5) is 11.4 Å². The third-order valence-electron chi connectivity index (χ3n) is 2.50. The van der Waals surface area contributed by atoms with E-state index in [4.69, 9.17) is 22.2 Å². The molecule has 8 heteroatoms. The molecule has 0 aliphatic heterocycles. The molecule has 2 rings (SSSR count). The quantitative estimate of drug-likeness (QED) is 0.499. The van der Waals surface area contributed by atoms with E-state index in [0.29, 0.717) is 10.8 Å². The number of nitrogen functional groups attached to an aromatic ring is 1. The van der Waals surface area contributed by atoms with E-state index in [1.807, 2.05) is 0 Å². The number of halogens is 1. The van der Waals surface area contributed by atoms with Crippen molar-refractivity contribution in [3.05, 3.63) is 57.4 Å². The topological polar surface area (TPSA) is 103 Å². The maximum Gasteiger partial charge on any atom is 0.293 e. The van der Waals surface area contributed by atoms with Crippen molar-refractivity contribution in [2.24, 2.45) is 5.84 Å². The zero-order valence-electron chi connectivity index (χ0n) is 10.2. The fourth-order valence-corrected chi connectivity index (χ4v) is 1.75. The number of hydrogen-bond acceptors (Lipinski definition) is 6. The van der Waals surface area contributed by atoms with Crippen LogP contribution in [0.25, 0.3) is 0 Å². The zero-order valence-corrected chi connectivity index (χ0v) is 11.0. The minimum atomic E-state index is -0.513. The second-order valence-electron chi connectivity index (χ2n) is 3.88. The van der Waals surface area contributed by atoms with Gasteiger partial charge >= 0.3 is 0 Å². The highest BCUT2D eigenvalue weighted by Crippen LogP contribution is 2.25. The van der Waals surface area contributed by atoms with Crippen molar-refractivity contribution in [3.8, 4) is 5.75 Å². The summed E-state index contributed by atoms with van der Waals surface area (Å²) in [5, 5.41) is 11.2. The molecule has 1 aromatic carbocycles. The van der Waals surface area contributed by atoms with Gasteiger partial charge in [0.05, 0.1) is 16.1 Å². The van der Waals surface area contributed by atoms with Gasteiger partial charge in [-0.25, -0.2) is 0 Å². The number of nitrogens with one attached hydrogen (secondary N) is 1. The number of nitro benzene ring substituents is 1.